The van der Waals surface area contributed by atoms with Crippen LogP contribution in [0.3, 0.4) is 0 Å². The highest BCUT2D eigenvalue weighted by Crippen LogP contribution is 2.19. The number of aryl methyl sites for hydroxylation is 1. The maximum atomic E-state index is 7.39. The van der Waals surface area contributed by atoms with E-state index in [1.54, 1.807) is 0 Å². The highest BCUT2D eigenvalue weighted by Gasteiger charge is 2.07. The lowest BCUT2D eigenvalue weighted by atomic mass is 9.97. The summed E-state index contributed by atoms with van der Waals surface area (Å²) in [6.07, 6.45) is -0.0607. The van der Waals surface area contributed by atoms with Crippen molar-refractivity contribution in [2.24, 2.45) is 0 Å². The van der Waals surface area contributed by atoms with Crippen LogP contribution in [0.1, 0.15) is 18.3 Å². The number of rotatable bonds is 4. The van der Waals surface area contributed by atoms with Gasteiger partial charge in [0, 0.05) is 12.0 Å². The molecule has 5 heteroatoms. The molecule has 0 amide bonds. The van der Waals surface area contributed by atoms with E-state index in [-0.39, 0.29) is 0 Å². The Morgan fingerprint density at radius 3 is 2.35 bits per heavy atom. The molecule has 2 rings (SSSR count). The quantitative estimate of drug-likeness (QED) is 0.620. The molecule has 1 atom stereocenters. The first-order valence-corrected chi connectivity index (χ1v) is 7.46. The molecule has 2 nitrogen and oxygen atoms in total. The van der Waals surface area contributed by atoms with Crippen molar-refractivity contribution in [1.82, 2.24) is 9.97 Å². The second kappa shape index (κ2) is 5.96. The number of halogens is 2. The van der Waals surface area contributed by atoms with Crippen LogP contribution in [-0.4, -0.2) is 17.8 Å². The summed E-state index contributed by atoms with van der Waals surface area (Å²) in [5.41, 5.74) is 4.63. The van der Waals surface area contributed by atoms with Crippen LogP contribution in [0.15, 0.2) is 18.2 Å². The van der Waals surface area contributed by atoms with Crippen molar-refractivity contribution >= 4 is 50.7 Å². The first-order valence-electron chi connectivity index (χ1n) is 5.80. The number of alkyl halides is 2. The average molecular weight is 355 g/mol. The van der Waals surface area contributed by atoms with Gasteiger partial charge in [-0.3, -0.25) is 0 Å². The maximum Gasteiger partial charge on any atom is 0.0893 e. The zero-order chi connectivity index (χ0) is 13.1. The molecule has 1 heterocycles. The minimum Gasteiger partial charge on any atom is -0.248 e. The van der Waals surface area contributed by atoms with Crippen LogP contribution in [0.2, 0.25) is 6.30 Å². The first-order chi connectivity index (χ1) is 8.63. The van der Waals surface area contributed by atoms with Crippen molar-refractivity contribution in [2.45, 2.75) is 23.4 Å². The molecule has 0 saturated heterocycles. The summed E-state index contributed by atoms with van der Waals surface area (Å²) >= 11 is 6.84. The van der Waals surface area contributed by atoms with Gasteiger partial charge in [-0.25, -0.2) is 9.97 Å². The van der Waals surface area contributed by atoms with Crippen LogP contribution >= 0.6 is 31.9 Å². The van der Waals surface area contributed by atoms with E-state index in [4.69, 9.17) is 9.22 Å². The van der Waals surface area contributed by atoms with E-state index in [0.29, 0.717) is 17.1 Å². The van der Waals surface area contributed by atoms with E-state index in [1.807, 2.05) is 18.2 Å². The molecule has 0 spiro atoms. The fourth-order valence-corrected chi connectivity index (χ4v) is 2.55. The van der Waals surface area contributed by atoms with Crippen molar-refractivity contribution in [3.8, 4) is 0 Å². The SMILES string of the molecule is [2H][C@@H]([B])Cc1ccc2nc(CBr)c(CBr)nc2c1. The standard InChI is InChI=1S/C12H11BBr2N2/c13-4-3-8-1-2-9-10(5-8)17-12(7-15)11(6-14)16-9/h1-2,5H,3-4,6-7H2/i4D/t4-/m1/s1. The minimum atomic E-state index is -0.590. The molecule has 0 aliphatic carbocycles. The smallest absolute Gasteiger partial charge is 0.0893 e. The fourth-order valence-electron chi connectivity index (χ4n) is 1.65. The lowest BCUT2D eigenvalue weighted by molar-refractivity contribution is 1.07. The Morgan fingerprint density at radius 1 is 1.12 bits per heavy atom. The average Bonchev–Trinajstić information content (AvgIpc) is 2.36. The van der Waals surface area contributed by atoms with Crippen LogP contribution < -0.4 is 0 Å². The highest BCUT2D eigenvalue weighted by atomic mass is 79.9. The molecule has 17 heavy (non-hydrogen) atoms. The van der Waals surface area contributed by atoms with Gasteiger partial charge in [0.1, 0.15) is 0 Å². The second-order valence-electron chi connectivity index (χ2n) is 3.65. The Labute approximate surface area is 120 Å². The summed E-state index contributed by atoms with van der Waals surface area (Å²) in [5, 5.41) is 1.37. The third kappa shape index (κ3) is 2.88. The maximum absolute atomic E-state index is 7.39. The number of nitrogens with zero attached hydrogens (tertiary/aromatic N) is 2. The van der Waals surface area contributed by atoms with Gasteiger partial charge in [0.15, 0.2) is 0 Å². The highest BCUT2D eigenvalue weighted by molar-refractivity contribution is 9.09. The second-order valence-corrected chi connectivity index (χ2v) is 4.77. The molecule has 1 aromatic heterocycles. The van der Waals surface area contributed by atoms with Crippen LogP contribution in [0.25, 0.3) is 11.0 Å². The van der Waals surface area contributed by atoms with Gasteiger partial charge in [-0.15, -0.1) is 0 Å². The van der Waals surface area contributed by atoms with E-state index in [0.717, 1.165) is 28.0 Å². The molecule has 0 aliphatic rings. The Hall–Kier alpha value is -0.415. The molecule has 0 unspecified atom stereocenters. The molecular weight excluding hydrogens is 343 g/mol. The zero-order valence-corrected chi connectivity index (χ0v) is 12.3. The number of benzene rings is 1. The van der Waals surface area contributed by atoms with Gasteiger partial charge in [-0.05, 0) is 24.1 Å². The first kappa shape index (κ1) is 11.7. The third-order valence-corrected chi connectivity index (χ3v) is 3.55. The number of hydrogen-bond acceptors (Lipinski definition) is 2. The van der Waals surface area contributed by atoms with Crippen LogP contribution in [0.4, 0.5) is 0 Å². The number of fused-ring (bicyclic) bond motifs is 1. The van der Waals surface area contributed by atoms with Crippen molar-refractivity contribution in [3.05, 3.63) is 35.2 Å². The predicted molar refractivity (Wildman–Crippen MR) is 79.1 cm³/mol. The zero-order valence-electron chi connectivity index (χ0n) is 10.2. The van der Waals surface area contributed by atoms with E-state index < -0.39 is 6.30 Å². The Kier molecular flexibility index (Phi) is 4.09. The van der Waals surface area contributed by atoms with Gasteiger partial charge >= 0.3 is 0 Å². The molecule has 2 radical (unpaired) electrons. The van der Waals surface area contributed by atoms with Crippen molar-refractivity contribution in [3.63, 3.8) is 0 Å². The summed E-state index contributed by atoms with van der Waals surface area (Å²) in [7, 11) is 5.49. The lowest BCUT2D eigenvalue weighted by Gasteiger charge is -2.06. The van der Waals surface area contributed by atoms with E-state index in [1.165, 1.54) is 0 Å². The largest absolute Gasteiger partial charge is 0.248 e. The van der Waals surface area contributed by atoms with E-state index in [9.17, 15) is 0 Å². The molecule has 0 bridgehead atoms. The molecule has 0 aliphatic heterocycles. The Morgan fingerprint density at radius 2 is 1.76 bits per heavy atom. The topological polar surface area (TPSA) is 25.8 Å². The van der Waals surface area contributed by atoms with Gasteiger partial charge in [-0.2, -0.15) is 0 Å². The summed E-state index contributed by atoms with van der Waals surface area (Å²) in [5.74, 6) is 0. The van der Waals surface area contributed by atoms with Gasteiger partial charge in [0.05, 0.1) is 30.3 Å². The Balaban J connectivity index is 2.49. The molecule has 0 N–H and O–H groups in total. The Bertz CT molecular complexity index is 563. The van der Waals surface area contributed by atoms with Gasteiger partial charge in [-0.1, -0.05) is 44.2 Å². The summed E-state index contributed by atoms with van der Waals surface area (Å²) in [6.45, 7) is 0. The molecule has 2 aromatic rings. The summed E-state index contributed by atoms with van der Waals surface area (Å²) in [6, 6.07) is 5.85. The van der Waals surface area contributed by atoms with Crippen molar-refractivity contribution in [1.29, 1.82) is 0 Å². The van der Waals surface area contributed by atoms with Gasteiger partial charge < -0.3 is 0 Å². The van der Waals surface area contributed by atoms with Crippen molar-refractivity contribution < 1.29 is 1.37 Å². The van der Waals surface area contributed by atoms with Crippen LogP contribution in [0, 0.1) is 0 Å². The normalized spacial score (nSPS) is 13.6. The lowest BCUT2D eigenvalue weighted by Crippen LogP contribution is -1.99. The van der Waals surface area contributed by atoms with Crippen molar-refractivity contribution in [2.75, 3.05) is 0 Å². The van der Waals surface area contributed by atoms with Crippen LogP contribution in [-0.2, 0) is 17.1 Å². The molecular formula is C12H11BBr2N2. The third-order valence-electron chi connectivity index (χ3n) is 2.49. The predicted octanol–water partition coefficient (Wildman–Crippen LogP) is 3.55. The molecule has 0 saturated carbocycles. The summed E-state index contributed by atoms with van der Waals surface area (Å²) < 4.78 is 7.39. The monoisotopic (exact) mass is 353 g/mol. The van der Waals surface area contributed by atoms with Gasteiger partial charge in [0.2, 0.25) is 0 Å². The number of hydrogen-bond donors (Lipinski definition) is 0. The van der Waals surface area contributed by atoms with Crippen LogP contribution in [0.5, 0.6) is 0 Å². The molecule has 86 valence electrons. The van der Waals surface area contributed by atoms with E-state index >= 15 is 0 Å². The molecule has 0 fully saturated rings. The van der Waals surface area contributed by atoms with Gasteiger partial charge in [0.25, 0.3) is 0 Å². The fraction of sp³-hybridized carbons (Fsp3) is 0.333. The van der Waals surface area contributed by atoms with E-state index in [2.05, 4.69) is 41.8 Å². The molecule has 1 aromatic carbocycles. The number of aromatic nitrogens is 2. The summed E-state index contributed by atoms with van der Waals surface area (Å²) in [4.78, 5) is 9.16. The minimum absolute atomic E-state index is 0.529.